The molecule has 4 heterocycles. The number of aliphatic hydroxyl groups is 2. The van der Waals surface area contributed by atoms with Gasteiger partial charge in [-0.2, -0.15) is 0 Å². The lowest BCUT2D eigenvalue weighted by Gasteiger charge is -2.64. The van der Waals surface area contributed by atoms with Gasteiger partial charge in [0.05, 0.1) is 34.6 Å². The van der Waals surface area contributed by atoms with Crippen LogP contribution in [0.1, 0.15) is 128 Å². The third-order valence-electron chi connectivity index (χ3n) is 15.4. The van der Waals surface area contributed by atoms with Gasteiger partial charge >= 0.3 is 0 Å². The highest BCUT2D eigenvalue weighted by molar-refractivity contribution is 6.11. The topological polar surface area (TPSA) is 121 Å². The van der Waals surface area contributed by atoms with Crippen molar-refractivity contribution in [2.45, 2.75) is 129 Å². The van der Waals surface area contributed by atoms with Crippen LogP contribution in [0.2, 0.25) is 0 Å². The lowest BCUT2D eigenvalue weighted by atomic mass is 9.40. The van der Waals surface area contributed by atoms with E-state index in [0.717, 1.165) is 64.2 Å². The summed E-state index contributed by atoms with van der Waals surface area (Å²) in [5.74, 6) is -0.141. The van der Waals surface area contributed by atoms with Gasteiger partial charge in [0.25, 0.3) is 5.91 Å². The molecule has 2 aliphatic heterocycles. The molecule has 3 aromatic rings. The molecule has 4 aliphatic carbocycles. The summed E-state index contributed by atoms with van der Waals surface area (Å²) in [5.41, 5.74) is 6.33. The molecular weight excluding hydrogens is 665 g/mol. The Hall–Kier alpha value is -3.72. The first-order chi connectivity index (χ1) is 24.8. The SMILES string of the molecule is C=C(C)c1c(O)c2c3c(cc4c5c(n1c42)[C@@]1(C)C(CC[C@H]2[C@](C)(C=CC=C4CCC(=O)NC4=O)[C@@H](O)CC[C@@]21C)C5)C1=CC(C)(C)OC(C)(C)C1[C@@H]3O. The molecule has 0 spiro atoms. The number of hydrogen-bond acceptors (Lipinski definition) is 6. The second-order valence-electron chi connectivity index (χ2n) is 19.1. The smallest absolute Gasteiger partial charge is 0.253 e. The number of benzene rings is 1. The van der Waals surface area contributed by atoms with Crippen LogP contribution in [0.4, 0.5) is 0 Å². The normalized spacial score (nSPS) is 37.8. The molecule has 8 nitrogen and oxygen atoms in total. The molecule has 0 bridgehead atoms. The van der Waals surface area contributed by atoms with Crippen molar-refractivity contribution in [1.82, 2.24) is 9.72 Å². The van der Waals surface area contributed by atoms with Gasteiger partial charge in [-0.15, -0.1) is 0 Å². The van der Waals surface area contributed by atoms with E-state index in [4.69, 9.17) is 4.74 Å². The standard InChI is InChI=1S/C45H54N2O6/c1-22(2)35-38(51)33-32-25(28-21-41(3,4)53-42(5,6)34(28)37(32)50)20-26-27-19-24-13-14-29-43(7,17-10-11-23-12-15-31(49)46-40(23)52)30(48)16-18-44(29,8)45(24,9)39(27)47(35)36(26)33/h10-11,17,20-21,24,29-30,34,37,48,50-51H,1,12-16,18-19H2,2-9H3,(H,46,49,52)/t24?,29-,30-,34?,37+,43-,44-,45+/m0/s1. The average Bonchev–Trinajstić information content (AvgIpc) is 3.73. The number of fused-ring (bicyclic) bond motifs is 11. The zero-order chi connectivity index (χ0) is 37.9. The molecule has 53 heavy (non-hydrogen) atoms. The number of nitrogens with one attached hydrogen (secondary N) is 1. The Kier molecular flexibility index (Phi) is 7.09. The van der Waals surface area contributed by atoms with E-state index in [1.165, 1.54) is 11.3 Å². The van der Waals surface area contributed by atoms with Crippen LogP contribution in [0, 0.1) is 28.6 Å². The van der Waals surface area contributed by atoms with E-state index in [0.29, 0.717) is 36.4 Å². The molecule has 8 atom stereocenters. The Morgan fingerprint density at radius 2 is 1.79 bits per heavy atom. The Bertz CT molecular complexity index is 2270. The van der Waals surface area contributed by atoms with Gasteiger partial charge in [-0.1, -0.05) is 45.6 Å². The van der Waals surface area contributed by atoms with Gasteiger partial charge in [0.1, 0.15) is 5.75 Å². The fourth-order valence-corrected chi connectivity index (χ4v) is 13.1. The van der Waals surface area contributed by atoms with Crippen molar-refractivity contribution in [1.29, 1.82) is 0 Å². The van der Waals surface area contributed by atoms with Crippen molar-refractivity contribution in [2.24, 2.45) is 28.6 Å². The third-order valence-corrected chi connectivity index (χ3v) is 15.4. The van der Waals surface area contributed by atoms with Crippen molar-refractivity contribution in [3.05, 3.63) is 70.6 Å². The number of piperidine rings is 1. The first-order valence-corrected chi connectivity index (χ1v) is 19.6. The molecule has 1 saturated heterocycles. The first-order valence-electron chi connectivity index (χ1n) is 19.6. The van der Waals surface area contributed by atoms with Gasteiger partial charge in [0.2, 0.25) is 5.91 Å². The number of imide groups is 1. The number of aromatic hydroxyl groups is 1. The molecule has 3 fully saturated rings. The third kappa shape index (κ3) is 4.29. The minimum atomic E-state index is -0.839. The fourth-order valence-electron chi connectivity index (χ4n) is 13.1. The molecule has 1 aromatic carbocycles. The van der Waals surface area contributed by atoms with E-state index in [9.17, 15) is 24.9 Å². The molecular formula is C45H54N2O6. The van der Waals surface area contributed by atoms with Crippen molar-refractivity contribution >= 4 is 39.2 Å². The highest BCUT2D eigenvalue weighted by Crippen LogP contribution is 2.71. The van der Waals surface area contributed by atoms with Crippen molar-refractivity contribution in [3.63, 3.8) is 0 Å². The summed E-state index contributed by atoms with van der Waals surface area (Å²) in [5, 5.41) is 40.6. The molecule has 6 aliphatic rings. The van der Waals surface area contributed by atoms with E-state index < -0.39 is 28.8 Å². The minimum Gasteiger partial charge on any atom is -0.505 e. The number of amides is 2. The lowest BCUT2D eigenvalue weighted by Crippen LogP contribution is -2.62. The molecule has 280 valence electrons. The number of aromatic nitrogens is 1. The minimum absolute atomic E-state index is 0.143. The van der Waals surface area contributed by atoms with E-state index in [-0.39, 0.29) is 40.2 Å². The number of allylic oxidation sites excluding steroid dienone is 3. The number of ether oxygens (including phenoxy) is 1. The summed E-state index contributed by atoms with van der Waals surface area (Å²) in [7, 11) is 0. The number of carbonyl (C=O) groups excluding carboxylic acids is 2. The molecule has 8 heteroatoms. The van der Waals surface area contributed by atoms with E-state index in [2.05, 4.69) is 83.0 Å². The Labute approximate surface area is 312 Å². The quantitative estimate of drug-likeness (QED) is 0.162. The van der Waals surface area contributed by atoms with Gasteiger partial charge in [-0.05, 0) is 125 Å². The second kappa shape index (κ2) is 10.7. The van der Waals surface area contributed by atoms with Crippen LogP contribution < -0.4 is 5.32 Å². The molecule has 2 amide bonds. The number of rotatable bonds is 3. The van der Waals surface area contributed by atoms with Crippen LogP contribution in [0.5, 0.6) is 5.75 Å². The van der Waals surface area contributed by atoms with Gasteiger partial charge in [-0.25, -0.2) is 0 Å². The number of hydrogen-bond donors (Lipinski definition) is 4. The highest BCUT2D eigenvalue weighted by Gasteiger charge is 2.67. The fraction of sp³-hybridized carbons (Fsp3) is 0.556. The Morgan fingerprint density at radius 1 is 1.06 bits per heavy atom. The van der Waals surface area contributed by atoms with Gasteiger partial charge < -0.3 is 24.5 Å². The van der Waals surface area contributed by atoms with Gasteiger partial charge in [0, 0.05) is 50.8 Å². The maximum atomic E-state index is 12.5. The molecule has 0 radical (unpaired) electrons. The maximum Gasteiger partial charge on any atom is 0.253 e. The predicted octanol–water partition coefficient (Wildman–Crippen LogP) is 7.83. The van der Waals surface area contributed by atoms with Gasteiger partial charge in [0.15, 0.2) is 0 Å². The van der Waals surface area contributed by atoms with Crippen molar-refractivity contribution < 1.29 is 29.6 Å². The van der Waals surface area contributed by atoms with E-state index in [1.54, 1.807) is 0 Å². The lowest BCUT2D eigenvalue weighted by molar-refractivity contribution is -0.144. The summed E-state index contributed by atoms with van der Waals surface area (Å²) in [6.07, 6.45) is 11.8. The molecule has 2 saturated carbocycles. The van der Waals surface area contributed by atoms with Crippen LogP contribution >= 0.6 is 0 Å². The summed E-state index contributed by atoms with van der Waals surface area (Å²) < 4.78 is 8.87. The van der Waals surface area contributed by atoms with Crippen LogP contribution in [-0.2, 0) is 26.2 Å². The summed E-state index contributed by atoms with van der Waals surface area (Å²) in [6.45, 7) is 21.7. The highest BCUT2D eigenvalue weighted by atomic mass is 16.5. The number of nitrogens with zero attached hydrogens (tertiary/aromatic N) is 1. The van der Waals surface area contributed by atoms with Crippen LogP contribution in [0.25, 0.3) is 27.4 Å². The molecule has 2 unspecified atom stereocenters. The summed E-state index contributed by atoms with van der Waals surface area (Å²) in [6, 6.07) is 2.31. The van der Waals surface area contributed by atoms with Crippen molar-refractivity contribution in [3.8, 4) is 5.75 Å². The number of carbonyl (C=O) groups is 2. The Morgan fingerprint density at radius 3 is 2.49 bits per heavy atom. The summed E-state index contributed by atoms with van der Waals surface area (Å²) >= 11 is 0. The van der Waals surface area contributed by atoms with Gasteiger partial charge in [-0.3, -0.25) is 14.9 Å². The molecule has 9 rings (SSSR count). The summed E-state index contributed by atoms with van der Waals surface area (Å²) in [4.78, 5) is 24.2. The second-order valence-corrected chi connectivity index (χ2v) is 19.1. The molecule has 2 aromatic heterocycles. The zero-order valence-corrected chi connectivity index (χ0v) is 32.4. The molecule has 4 N–H and O–H groups in total. The first kappa shape index (κ1) is 35.0. The number of aliphatic hydroxyl groups excluding tert-OH is 2. The largest absolute Gasteiger partial charge is 0.505 e. The van der Waals surface area contributed by atoms with Crippen molar-refractivity contribution in [2.75, 3.05) is 0 Å². The Balaban J connectivity index is 1.24. The van der Waals surface area contributed by atoms with E-state index in [1.807, 2.05) is 19.1 Å². The predicted molar refractivity (Wildman–Crippen MR) is 206 cm³/mol. The monoisotopic (exact) mass is 718 g/mol. The average molecular weight is 719 g/mol. The van der Waals surface area contributed by atoms with Crippen LogP contribution in [0.3, 0.4) is 0 Å². The van der Waals surface area contributed by atoms with Crippen LogP contribution in [-0.4, -0.2) is 48.8 Å². The van der Waals surface area contributed by atoms with E-state index >= 15 is 0 Å². The maximum absolute atomic E-state index is 12.5. The zero-order valence-electron chi connectivity index (χ0n) is 32.4. The van der Waals surface area contributed by atoms with Crippen LogP contribution in [0.15, 0.2) is 42.5 Å².